The van der Waals surface area contributed by atoms with Crippen LogP contribution >= 0.6 is 0 Å². The first-order valence-corrected chi connectivity index (χ1v) is 6.11. The van der Waals surface area contributed by atoms with Crippen LogP contribution in [0.2, 0.25) is 0 Å². The maximum atomic E-state index is 9.16. The maximum absolute atomic E-state index is 9.16. The highest BCUT2D eigenvalue weighted by atomic mass is 16.3. The van der Waals surface area contributed by atoms with Gasteiger partial charge in [0.2, 0.25) is 0 Å². The fourth-order valence-corrected chi connectivity index (χ4v) is 1.52. The van der Waals surface area contributed by atoms with Crippen LogP contribution in [-0.4, -0.2) is 5.11 Å². The van der Waals surface area contributed by atoms with Crippen molar-refractivity contribution in [3.05, 3.63) is 36.1 Å². The third-order valence-corrected chi connectivity index (χ3v) is 2.84. The van der Waals surface area contributed by atoms with E-state index >= 15 is 0 Å². The molecule has 1 N–H and O–H groups in total. The largest absolute Gasteiger partial charge is 0.513 e. The van der Waals surface area contributed by atoms with Gasteiger partial charge < -0.3 is 5.11 Å². The van der Waals surface area contributed by atoms with Gasteiger partial charge in [0.25, 0.3) is 0 Å². The Balaban J connectivity index is 3.70. The third kappa shape index (κ3) is 8.34. The van der Waals surface area contributed by atoms with Crippen LogP contribution in [0, 0.1) is 5.92 Å². The van der Waals surface area contributed by atoms with Crippen molar-refractivity contribution in [2.75, 3.05) is 0 Å². The highest BCUT2D eigenvalue weighted by molar-refractivity contribution is 5.00. The van der Waals surface area contributed by atoms with Crippen molar-refractivity contribution in [1.82, 2.24) is 0 Å². The summed E-state index contributed by atoms with van der Waals surface area (Å²) >= 11 is 0. The third-order valence-electron chi connectivity index (χ3n) is 2.84. The molecule has 0 rings (SSSR count). The molecule has 0 heterocycles. The van der Waals surface area contributed by atoms with E-state index in [1.807, 2.05) is 6.92 Å². The quantitative estimate of drug-likeness (QED) is 0.444. The predicted molar refractivity (Wildman–Crippen MR) is 72.6 cm³/mol. The van der Waals surface area contributed by atoms with Crippen LogP contribution in [0.15, 0.2) is 36.1 Å². The maximum Gasteiger partial charge on any atom is 0.0879 e. The summed E-state index contributed by atoms with van der Waals surface area (Å²) < 4.78 is 0. The Labute approximate surface area is 101 Å². The summed E-state index contributed by atoms with van der Waals surface area (Å²) in [5.74, 6) is 0.507. The summed E-state index contributed by atoms with van der Waals surface area (Å²) in [4.78, 5) is 0. The van der Waals surface area contributed by atoms with E-state index in [1.54, 1.807) is 0 Å². The topological polar surface area (TPSA) is 20.2 Å². The molecule has 0 aliphatic rings. The van der Waals surface area contributed by atoms with Crippen LogP contribution in [0.1, 0.15) is 52.9 Å². The molecule has 0 aromatic rings. The summed E-state index contributed by atoms with van der Waals surface area (Å²) in [5.41, 5.74) is 2.70. The van der Waals surface area contributed by atoms with Crippen LogP contribution in [0.25, 0.3) is 0 Å². The Kier molecular flexibility index (Phi) is 7.70. The first kappa shape index (κ1) is 15.0. The van der Waals surface area contributed by atoms with Crippen molar-refractivity contribution in [1.29, 1.82) is 0 Å². The van der Waals surface area contributed by atoms with Gasteiger partial charge in [0, 0.05) is 5.92 Å². The lowest BCUT2D eigenvalue weighted by atomic mass is 10.0. The standard InChI is InChI=1S/C15H26O/c1-12(2)8-6-9-13(3)10-7-11-14(4)15(5)16/h10,14,16H,1,5-9,11H2,2-4H3/b13-10+. The van der Waals surface area contributed by atoms with E-state index in [0.29, 0.717) is 5.76 Å². The molecule has 1 unspecified atom stereocenters. The van der Waals surface area contributed by atoms with Gasteiger partial charge in [-0.2, -0.15) is 0 Å². The average Bonchev–Trinajstić information content (AvgIpc) is 2.16. The number of aliphatic hydroxyl groups excluding tert-OH is 1. The second kappa shape index (κ2) is 8.20. The lowest BCUT2D eigenvalue weighted by molar-refractivity contribution is 0.335. The molecule has 1 heteroatoms. The van der Waals surface area contributed by atoms with Crippen LogP contribution in [-0.2, 0) is 0 Å². The minimum Gasteiger partial charge on any atom is -0.513 e. The Bertz CT molecular complexity index is 261. The van der Waals surface area contributed by atoms with Crippen LogP contribution < -0.4 is 0 Å². The lowest BCUT2D eigenvalue weighted by Gasteiger charge is -2.07. The van der Waals surface area contributed by atoms with E-state index in [0.717, 1.165) is 25.7 Å². The van der Waals surface area contributed by atoms with E-state index in [9.17, 15) is 0 Å². The summed E-state index contributed by atoms with van der Waals surface area (Å²) in [6, 6.07) is 0. The van der Waals surface area contributed by atoms with Crippen molar-refractivity contribution < 1.29 is 5.11 Å². The molecule has 0 fully saturated rings. The number of aliphatic hydroxyl groups is 1. The molecule has 0 aromatic carbocycles. The fourth-order valence-electron chi connectivity index (χ4n) is 1.52. The van der Waals surface area contributed by atoms with Gasteiger partial charge in [-0.15, -0.1) is 6.58 Å². The first-order valence-electron chi connectivity index (χ1n) is 6.11. The normalized spacial score (nSPS) is 13.6. The highest BCUT2D eigenvalue weighted by Gasteiger charge is 2.02. The number of hydrogen-bond donors (Lipinski definition) is 1. The molecular formula is C15H26O. The Morgan fingerprint density at radius 1 is 1.25 bits per heavy atom. The molecule has 1 atom stereocenters. The summed E-state index contributed by atoms with van der Waals surface area (Å²) in [7, 11) is 0. The predicted octanol–water partition coefficient (Wildman–Crippen LogP) is 5.17. The summed E-state index contributed by atoms with van der Waals surface area (Å²) in [6.07, 6.45) is 7.75. The van der Waals surface area contributed by atoms with E-state index in [2.05, 4.69) is 33.1 Å². The fraction of sp³-hybridized carbons (Fsp3) is 0.600. The van der Waals surface area contributed by atoms with Crippen LogP contribution in [0.4, 0.5) is 0 Å². The van der Waals surface area contributed by atoms with Gasteiger partial charge in [-0.05, 0) is 46.0 Å². The molecule has 0 aliphatic heterocycles. The summed E-state index contributed by atoms with van der Waals surface area (Å²) in [5, 5.41) is 9.16. The van der Waals surface area contributed by atoms with Crippen molar-refractivity contribution in [3.63, 3.8) is 0 Å². The van der Waals surface area contributed by atoms with Gasteiger partial charge in [0.15, 0.2) is 0 Å². The molecule has 0 spiro atoms. The molecule has 0 saturated carbocycles. The van der Waals surface area contributed by atoms with Gasteiger partial charge in [0.05, 0.1) is 5.76 Å². The van der Waals surface area contributed by atoms with Gasteiger partial charge in [-0.25, -0.2) is 0 Å². The van der Waals surface area contributed by atoms with E-state index in [1.165, 1.54) is 17.6 Å². The van der Waals surface area contributed by atoms with E-state index in [-0.39, 0.29) is 5.92 Å². The Morgan fingerprint density at radius 3 is 2.38 bits per heavy atom. The molecule has 1 nitrogen and oxygen atoms in total. The second-order valence-electron chi connectivity index (χ2n) is 4.83. The summed E-state index contributed by atoms with van der Waals surface area (Å²) in [6.45, 7) is 13.7. The molecule has 0 aromatic heterocycles. The SMILES string of the molecule is C=C(C)CCC/C(C)=C/CCC(C)C(=C)O. The van der Waals surface area contributed by atoms with Crippen molar-refractivity contribution in [3.8, 4) is 0 Å². The van der Waals surface area contributed by atoms with Gasteiger partial charge in [-0.3, -0.25) is 0 Å². The van der Waals surface area contributed by atoms with Crippen LogP contribution in [0.3, 0.4) is 0 Å². The zero-order valence-corrected chi connectivity index (χ0v) is 11.1. The number of rotatable bonds is 8. The van der Waals surface area contributed by atoms with Gasteiger partial charge in [0.1, 0.15) is 0 Å². The van der Waals surface area contributed by atoms with Crippen molar-refractivity contribution >= 4 is 0 Å². The van der Waals surface area contributed by atoms with Crippen molar-refractivity contribution in [2.45, 2.75) is 52.9 Å². The van der Waals surface area contributed by atoms with Gasteiger partial charge >= 0.3 is 0 Å². The molecule has 0 bridgehead atoms. The number of hydrogen-bond acceptors (Lipinski definition) is 1. The molecule has 0 aliphatic carbocycles. The van der Waals surface area contributed by atoms with Crippen LogP contribution in [0.5, 0.6) is 0 Å². The first-order chi connectivity index (χ1) is 7.43. The molecule has 0 saturated heterocycles. The smallest absolute Gasteiger partial charge is 0.0879 e. The molecule has 0 amide bonds. The molecular weight excluding hydrogens is 196 g/mol. The number of allylic oxidation sites excluding steroid dienone is 4. The zero-order chi connectivity index (χ0) is 12.6. The van der Waals surface area contributed by atoms with Crippen molar-refractivity contribution in [2.24, 2.45) is 5.92 Å². The second-order valence-corrected chi connectivity index (χ2v) is 4.83. The minimum atomic E-state index is 0.208. The van der Waals surface area contributed by atoms with E-state index in [4.69, 9.17) is 5.11 Å². The van der Waals surface area contributed by atoms with E-state index < -0.39 is 0 Å². The highest BCUT2D eigenvalue weighted by Crippen LogP contribution is 2.15. The zero-order valence-electron chi connectivity index (χ0n) is 11.1. The molecule has 92 valence electrons. The Morgan fingerprint density at radius 2 is 1.88 bits per heavy atom. The molecule has 16 heavy (non-hydrogen) atoms. The Hall–Kier alpha value is -0.980. The molecule has 0 radical (unpaired) electrons. The van der Waals surface area contributed by atoms with Gasteiger partial charge in [-0.1, -0.05) is 30.7 Å². The minimum absolute atomic E-state index is 0.208. The lowest BCUT2D eigenvalue weighted by Crippen LogP contribution is -1.96. The monoisotopic (exact) mass is 222 g/mol. The average molecular weight is 222 g/mol.